The minimum Gasteiger partial charge on any atom is -0.465 e. The number of furan rings is 1. The molecule has 0 aliphatic heterocycles. The van der Waals surface area contributed by atoms with E-state index in [1.54, 1.807) is 6.26 Å². The highest BCUT2D eigenvalue weighted by Gasteiger charge is 1.93. The first-order valence-electron chi connectivity index (χ1n) is 3.37. The first kappa shape index (κ1) is 7.62. The van der Waals surface area contributed by atoms with Crippen molar-refractivity contribution in [1.29, 1.82) is 0 Å². The van der Waals surface area contributed by atoms with E-state index in [0.29, 0.717) is 6.54 Å². The maximum atomic E-state index is 6.62. The second kappa shape index (κ2) is 3.62. The van der Waals surface area contributed by atoms with Gasteiger partial charge in [0.25, 0.3) is 0 Å². The van der Waals surface area contributed by atoms with Crippen molar-refractivity contribution in [3.8, 4) is 0 Å². The molecule has 0 fully saturated rings. The largest absolute Gasteiger partial charge is 0.465 e. The molecule has 0 N–H and O–H groups in total. The average Bonchev–Trinajstić information content (AvgIpc) is 2.40. The summed E-state index contributed by atoms with van der Waals surface area (Å²) in [6.45, 7) is 8.98. The SMILES string of the molecule is [C-]#[N+]C/C(C)=C/c1ccco1. The first-order chi connectivity index (χ1) is 5.33. The smallest absolute Gasteiger partial charge is 0.235 e. The zero-order valence-electron chi connectivity index (χ0n) is 6.37. The van der Waals surface area contributed by atoms with Crippen LogP contribution in [-0.4, -0.2) is 6.54 Å². The van der Waals surface area contributed by atoms with Crippen molar-refractivity contribution >= 4 is 6.08 Å². The van der Waals surface area contributed by atoms with Gasteiger partial charge in [0.05, 0.1) is 6.26 Å². The summed E-state index contributed by atoms with van der Waals surface area (Å²) in [6, 6.07) is 3.70. The summed E-state index contributed by atoms with van der Waals surface area (Å²) in [4.78, 5) is 3.26. The van der Waals surface area contributed by atoms with Crippen LogP contribution in [-0.2, 0) is 0 Å². The Balaban J connectivity index is 2.68. The van der Waals surface area contributed by atoms with E-state index in [1.165, 1.54) is 0 Å². The van der Waals surface area contributed by atoms with Crippen LogP contribution < -0.4 is 0 Å². The molecule has 0 aliphatic rings. The molecule has 1 rings (SSSR count). The van der Waals surface area contributed by atoms with Crippen molar-refractivity contribution in [1.82, 2.24) is 0 Å². The monoisotopic (exact) mass is 147 g/mol. The molecular formula is C9H9NO. The molecule has 0 unspecified atom stereocenters. The summed E-state index contributed by atoms with van der Waals surface area (Å²) in [6.07, 6.45) is 3.50. The molecule has 56 valence electrons. The molecule has 0 atom stereocenters. The van der Waals surface area contributed by atoms with E-state index in [9.17, 15) is 0 Å². The number of nitrogens with zero attached hydrogens (tertiary/aromatic N) is 1. The van der Waals surface area contributed by atoms with Crippen LogP contribution in [0.3, 0.4) is 0 Å². The maximum absolute atomic E-state index is 6.62. The van der Waals surface area contributed by atoms with Crippen LogP contribution in [0, 0.1) is 6.57 Å². The van der Waals surface area contributed by atoms with Crippen LogP contribution >= 0.6 is 0 Å². The van der Waals surface area contributed by atoms with Crippen molar-refractivity contribution in [2.75, 3.05) is 6.54 Å². The lowest BCUT2D eigenvalue weighted by atomic mass is 10.2. The molecule has 1 aromatic heterocycles. The van der Waals surface area contributed by atoms with E-state index in [1.807, 2.05) is 25.1 Å². The van der Waals surface area contributed by atoms with Gasteiger partial charge in [-0.05, 0) is 25.1 Å². The quantitative estimate of drug-likeness (QED) is 0.588. The first-order valence-corrected chi connectivity index (χ1v) is 3.37. The Labute approximate surface area is 66.0 Å². The van der Waals surface area contributed by atoms with E-state index in [2.05, 4.69) is 4.85 Å². The lowest BCUT2D eigenvalue weighted by Gasteiger charge is -1.86. The molecule has 11 heavy (non-hydrogen) atoms. The fourth-order valence-electron chi connectivity index (χ4n) is 0.787. The minimum atomic E-state index is 0.445. The summed E-state index contributed by atoms with van der Waals surface area (Å²) in [7, 11) is 0. The van der Waals surface area contributed by atoms with Gasteiger partial charge in [0.1, 0.15) is 5.76 Å². The Morgan fingerprint density at radius 2 is 2.64 bits per heavy atom. The Morgan fingerprint density at radius 1 is 1.82 bits per heavy atom. The van der Waals surface area contributed by atoms with Crippen molar-refractivity contribution < 1.29 is 4.42 Å². The molecule has 2 heteroatoms. The minimum absolute atomic E-state index is 0.445. The van der Waals surface area contributed by atoms with Crippen LogP contribution in [0.1, 0.15) is 12.7 Å². The second-order valence-electron chi connectivity index (χ2n) is 2.32. The van der Waals surface area contributed by atoms with Gasteiger partial charge >= 0.3 is 0 Å². The Morgan fingerprint density at radius 3 is 3.18 bits per heavy atom. The van der Waals surface area contributed by atoms with Crippen molar-refractivity contribution in [3.05, 3.63) is 41.1 Å². The van der Waals surface area contributed by atoms with Crippen molar-refractivity contribution in [2.45, 2.75) is 6.92 Å². The highest BCUT2D eigenvalue weighted by atomic mass is 16.3. The summed E-state index contributed by atoms with van der Waals surface area (Å²) >= 11 is 0. The van der Waals surface area contributed by atoms with Crippen LogP contribution in [0.5, 0.6) is 0 Å². The maximum Gasteiger partial charge on any atom is 0.235 e. The predicted octanol–water partition coefficient (Wildman–Crippen LogP) is 2.60. The molecule has 0 bridgehead atoms. The third-order valence-corrected chi connectivity index (χ3v) is 1.26. The normalized spacial score (nSPS) is 11.1. The summed E-state index contributed by atoms with van der Waals surface area (Å²) in [5.74, 6) is 0.811. The fourth-order valence-corrected chi connectivity index (χ4v) is 0.787. The average molecular weight is 147 g/mol. The van der Waals surface area contributed by atoms with Crippen molar-refractivity contribution in [3.63, 3.8) is 0 Å². The van der Waals surface area contributed by atoms with Gasteiger partial charge in [0, 0.05) is 5.57 Å². The van der Waals surface area contributed by atoms with Gasteiger partial charge in [-0.3, -0.25) is 0 Å². The van der Waals surface area contributed by atoms with Gasteiger partial charge in [-0.15, -0.1) is 0 Å². The summed E-state index contributed by atoms with van der Waals surface area (Å²) in [5.41, 5.74) is 1.02. The van der Waals surface area contributed by atoms with Gasteiger partial charge in [-0.2, -0.15) is 0 Å². The predicted molar refractivity (Wildman–Crippen MR) is 43.8 cm³/mol. The number of hydrogen-bond donors (Lipinski definition) is 0. The second-order valence-corrected chi connectivity index (χ2v) is 2.32. The molecule has 0 saturated heterocycles. The third-order valence-electron chi connectivity index (χ3n) is 1.26. The standard InChI is InChI=1S/C9H9NO/c1-8(7-10-2)6-9-4-3-5-11-9/h3-6H,7H2,1H3/b8-6+. The van der Waals surface area contributed by atoms with Crippen LogP contribution in [0.25, 0.3) is 10.9 Å². The molecule has 2 nitrogen and oxygen atoms in total. The van der Waals surface area contributed by atoms with Gasteiger partial charge in [-0.1, -0.05) is 0 Å². The Bertz CT molecular complexity index is 277. The fraction of sp³-hybridized carbons (Fsp3) is 0.222. The van der Waals surface area contributed by atoms with Gasteiger partial charge in [-0.25, -0.2) is 6.57 Å². The van der Waals surface area contributed by atoms with Crippen LogP contribution in [0.15, 0.2) is 28.4 Å². The molecule has 1 heterocycles. The zero-order chi connectivity index (χ0) is 8.10. The molecule has 1 aromatic rings. The van der Waals surface area contributed by atoms with Gasteiger partial charge in [0.15, 0.2) is 0 Å². The van der Waals surface area contributed by atoms with Crippen LogP contribution in [0.2, 0.25) is 0 Å². The zero-order valence-corrected chi connectivity index (χ0v) is 6.37. The molecular weight excluding hydrogens is 138 g/mol. The topological polar surface area (TPSA) is 17.5 Å². The Kier molecular flexibility index (Phi) is 2.51. The van der Waals surface area contributed by atoms with E-state index in [-0.39, 0.29) is 0 Å². The van der Waals surface area contributed by atoms with Gasteiger partial charge in [0.2, 0.25) is 6.54 Å². The molecule has 0 saturated carbocycles. The molecule has 0 aliphatic carbocycles. The van der Waals surface area contributed by atoms with E-state index >= 15 is 0 Å². The highest BCUT2D eigenvalue weighted by Crippen LogP contribution is 2.06. The molecule has 0 amide bonds. The molecule has 0 aromatic carbocycles. The lowest BCUT2D eigenvalue weighted by molar-refractivity contribution is 0.556. The lowest BCUT2D eigenvalue weighted by Crippen LogP contribution is -1.77. The van der Waals surface area contributed by atoms with E-state index in [0.717, 1.165) is 11.3 Å². The summed E-state index contributed by atoms with van der Waals surface area (Å²) < 4.78 is 5.07. The molecule has 0 spiro atoms. The van der Waals surface area contributed by atoms with E-state index in [4.69, 9.17) is 11.0 Å². The number of hydrogen-bond acceptors (Lipinski definition) is 1. The Hall–Kier alpha value is -1.49. The number of rotatable bonds is 2. The molecule has 0 radical (unpaired) electrons. The van der Waals surface area contributed by atoms with Crippen LogP contribution in [0.4, 0.5) is 0 Å². The van der Waals surface area contributed by atoms with Gasteiger partial charge < -0.3 is 9.26 Å². The van der Waals surface area contributed by atoms with E-state index < -0.39 is 0 Å². The third kappa shape index (κ3) is 2.30. The summed E-state index contributed by atoms with van der Waals surface area (Å²) in [5, 5.41) is 0. The van der Waals surface area contributed by atoms with Crippen molar-refractivity contribution in [2.24, 2.45) is 0 Å². The highest BCUT2D eigenvalue weighted by molar-refractivity contribution is 5.47.